The lowest BCUT2D eigenvalue weighted by atomic mass is 9.65. The van der Waals surface area contributed by atoms with E-state index in [-0.39, 0.29) is 46.3 Å². The molecule has 0 aromatic carbocycles. The second-order valence-electron chi connectivity index (χ2n) is 23.5. The summed E-state index contributed by atoms with van der Waals surface area (Å²) in [4.78, 5) is 26.9. The number of carbonyl (C=O) groups excluding carboxylic acids is 2. The van der Waals surface area contributed by atoms with Crippen molar-refractivity contribution in [3.63, 3.8) is 0 Å². The zero-order valence-electron chi connectivity index (χ0n) is 41.5. The summed E-state index contributed by atoms with van der Waals surface area (Å²) in [6, 6.07) is 0. The molecule has 6 heteroatoms. The fraction of sp³-hybridized carbons (Fsp3) is 0.962. The molecule has 2 aliphatic rings. The second-order valence-corrected chi connectivity index (χ2v) is 23.5. The molecule has 0 aromatic rings. The zero-order valence-corrected chi connectivity index (χ0v) is 41.5. The lowest BCUT2D eigenvalue weighted by molar-refractivity contribution is -0.162. The maximum atomic E-state index is 13.5. The van der Waals surface area contributed by atoms with Crippen molar-refractivity contribution in [1.82, 2.24) is 10.6 Å². The Morgan fingerprint density at radius 3 is 1.05 bits per heavy atom. The lowest BCUT2D eigenvalue weighted by Crippen LogP contribution is -2.67. The number of carbonyl (C=O) groups is 2. The maximum absolute atomic E-state index is 13.5. The Hall–Kier alpha value is -1.14. The van der Waals surface area contributed by atoms with Crippen LogP contribution in [0, 0.1) is 47.3 Å². The van der Waals surface area contributed by atoms with Crippen molar-refractivity contribution in [3.05, 3.63) is 0 Å². The third-order valence-corrected chi connectivity index (χ3v) is 14.1. The van der Waals surface area contributed by atoms with Gasteiger partial charge in [0.1, 0.15) is 12.2 Å². The van der Waals surface area contributed by atoms with E-state index in [0.717, 1.165) is 89.9 Å². The summed E-state index contributed by atoms with van der Waals surface area (Å²) in [7, 11) is 0. The van der Waals surface area contributed by atoms with Gasteiger partial charge in [-0.05, 0) is 140 Å². The van der Waals surface area contributed by atoms with Crippen LogP contribution in [0.5, 0.6) is 0 Å². The molecule has 0 amide bonds. The number of ether oxygens (including phenoxy) is 2. The first kappa shape index (κ1) is 53.0. The third-order valence-electron chi connectivity index (χ3n) is 14.1. The van der Waals surface area contributed by atoms with Gasteiger partial charge in [-0.2, -0.15) is 0 Å². The van der Waals surface area contributed by atoms with Crippen LogP contribution in [0.25, 0.3) is 0 Å². The minimum atomic E-state index is -0.0542. The van der Waals surface area contributed by atoms with E-state index in [1.165, 1.54) is 25.7 Å². The lowest BCUT2D eigenvalue weighted by Gasteiger charge is -2.55. The van der Waals surface area contributed by atoms with Crippen LogP contribution in [-0.2, 0) is 19.1 Å². The zero-order chi connectivity index (χ0) is 43.9. The number of piperidine rings is 2. The van der Waals surface area contributed by atoms with Crippen molar-refractivity contribution in [3.8, 4) is 0 Å². The Morgan fingerprint density at radius 1 is 0.466 bits per heavy atom. The third kappa shape index (κ3) is 18.9. The fourth-order valence-corrected chi connectivity index (χ4v) is 10.7. The summed E-state index contributed by atoms with van der Waals surface area (Å²) in [6.07, 6.45) is 19.9. The standard InChI is InChI=1S/C52H100N2O4/c1-37(2)25-29-49(13)35-45(43(33-41(9)10)51(15,53-49)31-27-39(5)6)57-47(55)23-21-19-17-18-20-22-24-48(56)58-46-36-50(14,30-26-38(3)4)54-52(16,32-28-40(7)8)44(46)34-42(11)12/h37-46,53-54H,17-36H2,1-16H3. The highest BCUT2D eigenvalue weighted by molar-refractivity contribution is 5.70. The van der Waals surface area contributed by atoms with Gasteiger partial charge in [-0.25, -0.2) is 0 Å². The molecule has 0 aliphatic carbocycles. The summed E-state index contributed by atoms with van der Waals surface area (Å²) in [5.41, 5.74) is -0.179. The number of hydrogen-bond acceptors (Lipinski definition) is 6. The van der Waals surface area contributed by atoms with Crippen molar-refractivity contribution < 1.29 is 19.1 Å². The predicted octanol–water partition coefficient (Wildman–Crippen LogP) is 14.0. The molecule has 2 N–H and O–H groups in total. The second kappa shape index (κ2) is 24.5. The Labute approximate surface area is 361 Å². The minimum absolute atomic E-state index is 0.0184. The number of esters is 2. The molecule has 0 bridgehead atoms. The van der Waals surface area contributed by atoms with E-state index in [4.69, 9.17) is 9.47 Å². The van der Waals surface area contributed by atoms with Crippen LogP contribution in [0.2, 0.25) is 0 Å². The summed E-state index contributed by atoms with van der Waals surface area (Å²) in [5.74, 6) is 4.27. The highest BCUT2D eigenvalue weighted by atomic mass is 16.5. The van der Waals surface area contributed by atoms with Gasteiger partial charge in [0.05, 0.1) is 0 Å². The van der Waals surface area contributed by atoms with Gasteiger partial charge in [0.15, 0.2) is 0 Å². The molecule has 2 fully saturated rings. The quantitative estimate of drug-likeness (QED) is 0.0635. The van der Waals surface area contributed by atoms with Gasteiger partial charge in [0, 0.05) is 59.7 Å². The van der Waals surface area contributed by atoms with Gasteiger partial charge < -0.3 is 20.1 Å². The van der Waals surface area contributed by atoms with E-state index in [9.17, 15) is 9.59 Å². The molecule has 0 aromatic heterocycles. The molecule has 0 saturated carbocycles. The molecule has 2 rings (SSSR count). The van der Waals surface area contributed by atoms with Crippen molar-refractivity contribution in [1.29, 1.82) is 0 Å². The number of nitrogens with one attached hydrogen (secondary N) is 2. The van der Waals surface area contributed by atoms with Gasteiger partial charge in [-0.15, -0.1) is 0 Å². The van der Waals surface area contributed by atoms with Crippen LogP contribution >= 0.6 is 0 Å². The van der Waals surface area contributed by atoms with Gasteiger partial charge in [0.25, 0.3) is 0 Å². The largest absolute Gasteiger partial charge is 0.462 e. The monoisotopic (exact) mass is 817 g/mol. The van der Waals surface area contributed by atoms with E-state index in [0.29, 0.717) is 60.2 Å². The molecule has 58 heavy (non-hydrogen) atoms. The molecule has 2 saturated heterocycles. The molecule has 8 atom stereocenters. The van der Waals surface area contributed by atoms with Gasteiger partial charge in [0.2, 0.25) is 0 Å². The van der Waals surface area contributed by atoms with E-state index in [1.54, 1.807) is 0 Å². The summed E-state index contributed by atoms with van der Waals surface area (Å²) in [6.45, 7) is 37.3. The first-order valence-corrected chi connectivity index (χ1v) is 24.9. The van der Waals surface area contributed by atoms with Crippen molar-refractivity contribution >= 4 is 11.9 Å². The SMILES string of the molecule is CC(C)CCC1(C)CC(OC(=O)CCCCCCCCC(=O)OC2CC(C)(CCC(C)C)NC(C)(CCC(C)C)C2CC(C)C)C(CC(C)C)C(C)(CCC(C)C)N1. The van der Waals surface area contributed by atoms with Gasteiger partial charge in [-0.1, -0.05) is 109 Å². The van der Waals surface area contributed by atoms with Gasteiger partial charge >= 0.3 is 11.9 Å². The van der Waals surface area contributed by atoms with Crippen molar-refractivity contribution in [2.75, 3.05) is 0 Å². The average molecular weight is 817 g/mol. The average Bonchev–Trinajstić information content (AvgIpc) is 3.09. The van der Waals surface area contributed by atoms with Crippen LogP contribution in [0.15, 0.2) is 0 Å². The maximum Gasteiger partial charge on any atom is 0.306 e. The number of rotatable bonds is 27. The predicted molar refractivity (Wildman–Crippen MR) is 248 cm³/mol. The molecule has 0 radical (unpaired) electrons. The molecule has 6 nitrogen and oxygen atoms in total. The molecule has 2 heterocycles. The van der Waals surface area contributed by atoms with E-state index < -0.39 is 0 Å². The van der Waals surface area contributed by atoms with Crippen molar-refractivity contribution in [2.24, 2.45) is 47.3 Å². The first-order chi connectivity index (χ1) is 26.9. The topological polar surface area (TPSA) is 76.7 Å². The molecule has 342 valence electrons. The fourth-order valence-electron chi connectivity index (χ4n) is 10.7. The van der Waals surface area contributed by atoms with Crippen LogP contribution in [0.3, 0.4) is 0 Å². The molecule has 2 aliphatic heterocycles. The van der Waals surface area contributed by atoms with Crippen molar-refractivity contribution in [2.45, 2.75) is 274 Å². The van der Waals surface area contributed by atoms with Gasteiger partial charge in [-0.3, -0.25) is 9.59 Å². The first-order valence-electron chi connectivity index (χ1n) is 24.9. The van der Waals surface area contributed by atoms with Crippen LogP contribution < -0.4 is 10.6 Å². The minimum Gasteiger partial charge on any atom is -0.462 e. The summed E-state index contributed by atoms with van der Waals surface area (Å²) in [5, 5.41) is 8.37. The Bertz CT molecular complexity index is 1090. The summed E-state index contributed by atoms with van der Waals surface area (Å²) >= 11 is 0. The number of hydrogen-bond donors (Lipinski definition) is 2. The normalized spacial score (nSPS) is 30.7. The van der Waals surface area contributed by atoms with Crippen LogP contribution in [0.4, 0.5) is 0 Å². The highest BCUT2D eigenvalue weighted by Crippen LogP contribution is 2.45. The molecule has 8 unspecified atom stereocenters. The van der Waals surface area contributed by atoms with E-state index in [1.807, 2.05) is 0 Å². The number of unbranched alkanes of at least 4 members (excludes halogenated alkanes) is 5. The molecular weight excluding hydrogens is 717 g/mol. The highest BCUT2D eigenvalue weighted by Gasteiger charge is 2.52. The van der Waals surface area contributed by atoms with E-state index in [2.05, 4.69) is 121 Å². The van der Waals surface area contributed by atoms with Crippen LogP contribution in [0.1, 0.15) is 239 Å². The summed E-state index contributed by atoms with van der Waals surface area (Å²) < 4.78 is 13.0. The smallest absolute Gasteiger partial charge is 0.306 e. The Kier molecular flexibility index (Phi) is 22.4. The Morgan fingerprint density at radius 2 is 0.759 bits per heavy atom. The van der Waals surface area contributed by atoms with Crippen LogP contribution in [-0.4, -0.2) is 46.3 Å². The molecular formula is C52H100N2O4. The van der Waals surface area contributed by atoms with E-state index >= 15 is 0 Å². The molecule has 0 spiro atoms. The Balaban J connectivity index is 1.93.